The summed E-state index contributed by atoms with van der Waals surface area (Å²) in [5.41, 5.74) is 4.06. The van der Waals surface area contributed by atoms with Crippen LogP contribution in [-0.4, -0.2) is 53.6 Å². The lowest BCUT2D eigenvalue weighted by Gasteiger charge is -2.18. The number of halogens is 1. The molecule has 7 nitrogen and oxygen atoms in total. The Morgan fingerprint density at radius 2 is 1.48 bits per heavy atom. The van der Waals surface area contributed by atoms with Crippen LogP contribution in [0.25, 0.3) is 11.3 Å². The first-order valence-corrected chi connectivity index (χ1v) is 13.9. The van der Waals surface area contributed by atoms with Crippen LogP contribution in [0, 0.1) is 6.92 Å². The van der Waals surface area contributed by atoms with E-state index in [4.69, 9.17) is 21.1 Å². The standard InChI is InChI=1S/C32H35ClN4O3/c1-4-37(5-2)19-21-40-29-16-12-27(13-17-29)35-32(38)31-34-23(3)22-30(36-31)25-8-14-28(15-9-25)39-20-18-24-6-10-26(33)11-7-24/h6-17,22H,4-5,18-21H2,1-3H3,(H,35,38). The van der Waals surface area contributed by atoms with E-state index < -0.39 is 0 Å². The predicted molar refractivity (Wildman–Crippen MR) is 161 cm³/mol. The molecule has 40 heavy (non-hydrogen) atoms. The molecule has 0 aliphatic carbocycles. The second-order valence-electron chi connectivity index (χ2n) is 9.32. The maximum Gasteiger partial charge on any atom is 0.293 e. The van der Waals surface area contributed by atoms with Gasteiger partial charge in [0.25, 0.3) is 5.91 Å². The summed E-state index contributed by atoms with van der Waals surface area (Å²) in [6.07, 6.45) is 0.787. The van der Waals surface area contributed by atoms with Crippen molar-refractivity contribution < 1.29 is 14.3 Å². The third-order valence-electron chi connectivity index (χ3n) is 6.46. The van der Waals surface area contributed by atoms with Crippen LogP contribution in [0.4, 0.5) is 5.69 Å². The number of nitrogens with one attached hydrogen (secondary N) is 1. The number of ether oxygens (including phenoxy) is 2. The molecule has 208 valence electrons. The number of benzene rings is 3. The van der Waals surface area contributed by atoms with Crippen molar-refractivity contribution in [2.45, 2.75) is 27.2 Å². The van der Waals surface area contributed by atoms with Crippen molar-refractivity contribution in [3.05, 3.63) is 101 Å². The van der Waals surface area contributed by atoms with Gasteiger partial charge in [0, 0.05) is 34.9 Å². The quantitative estimate of drug-likeness (QED) is 0.197. The molecule has 0 saturated heterocycles. The molecule has 4 rings (SSSR count). The van der Waals surface area contributed by atoms with Crippen molar-refractivity contribution in [1.82, 2.24) is 14.9 Å². The topological polar surface area (TPSA) is 76.6 Å². The van der Waals surface area contributed by atoms with Gasteiger partial charge in [-0.2, -0.15) is 0 Å². The lowest BCUT2D eigenvalue weighted by atomic mass is 10.1. The Bertz CT molecular complexity index is 1370. The molecule has 0 unspecified atom stereocenters. The molecule has 0 aliphatic rings. The minimum Gasteiger partial charge on any atom is -0.493 e. The van der Waals surface area contributed by atoms with Crippen LogP contribution in [0.2, 0.25) is 5.02 Å². The summed E-state index contributed by atoms with van der Waals surface area (Å²) in [4.78, 5) is 24.1. The van der Waals surface area contributed by atoms with E-state index in [0.29, 0.717) is 30.3 Å². The van der Waals surface area contributed by atoms with Crippen molar-refractivity contribution in [3.8, 4) is 22.8 Å². The minimum atomic E-state index is -0.373. The largest absolute Gasteiger partial charge is 0.493 e. The maximum atomic E-state index is 13.0. The number of rotatable bonds is 13. The van der Waals surface area contributed by atoms with E-state index in [2.05, 4.69) is 34.0 Å². The van der Waals surface area contributed by atoms with Crippen LogP contribution >= 0.6 is 11.6 Å². The molecule has 3 aromatic carbocycles. The van der Waals surface area contributed by atoms with Gasteiger partial charge in [0.1, 0.15) is 18.1 Å². The van der Waals surface area contributed by atoms with Gasteiger partial charge in [-0.05, 0) is 92.3 Å². The van der Waals surface area contributed by atoms with E-state index in [0.717, 1.165) is 48.1 Å². The van der Waals surface area contributed by atoms with Crippen molar-refractivity contribution in [3.63, 3.8) is 0 Å². The third kappa shape index (κ3) is 8.53. The Hall–Kier alpha value is -3.94. The van der Waals surface area contributed by atoms with Gasteiger partial charge in [0.05, 0.1) is 12.3 Å². The fourth-order valence-electron chi connectivity index (χ4n) is 4.13. The monoisotopic (exact) mass is 558 g/mol. The lowest BCUT2D eigenvalue weighted by molar-refractivity contribution is 0.101. The fourth-order valence-corrected chi connectivity index (χ4v) is 4.26. The first-order valence-electron chi connectivity index (χ1n) is 13.5. The molecule has 0 bridgehead atoms. The smallest absolute Gasteiger partial charge is 0.293 e. The van der Waals surface area contributed by atoms with Gasteiger partial charge in [0.2, 0.25) is 5.82 Å². The van der Waals surface area contributed by atoms with E-state index in [1.54, 1.807) is 0 Å². The van der Waals surface area contributed by atoms with E-state index in [9.17, 15) is 4.79 Å². The first-order chi connectivity index (χ1) is 19.4. The molecule has 0 atom stereocenters. The minimum absolute atomic E-state index is 0.109. The van der Waals surface area contributed by atoms with Crippen LogP contribution in [0.15, 0.2) is 78.9 Å². The summed E-state index contributed by atoms with van der Waals surface area (Å²) in [5, 5.41) is 3.60. The van der Waals surface area contributed by atoms with Gasteiger partial charge in [-0.25, -0.2) is 9.97 Å². The van der Waals surface area contributed by atoms with Crippen LogP contribution in [0.1, 0.15) is 35.7 Å². The number of carbonyl (C=O) groups excluding carboxylic acids is 1. The average Bonchev–Trinajstić information content (AvgIpc) is 2.97. The molecule has 4 aromatic rings. The van der Waals surface area contributed by atoms with Gasteiger partial charge in [-0.15, -0.1) is 0 Å². The van der Waals surface area contributed by atoms with Crippen molar-refractivity contribution in [2.24, 2.45) is 0 Å². The highest BCUT2D eigenvalue weighted by atomic mass is 35.5. The zero-order chi connectivity index (χ0) is 28.3. The summed E-state index contributed by atoms with van der Waals surface area (Å²) >= 11 is 5.95. The van der Waals surface area contributed by atoms with Gasteiger partial charge < -0.3 is 19.7 Å². The summed E-state index contributed by atoms with van der Waals surface area (Å²) in [6, 6.07) is 24.6. The Morgan fingerprint density at radius 1 is 0.850 bits per heavy atom. The Morgan fingerprint density at radius 3 is 2.12 bits per heavy atom. The number of hydrogen-bond acceptors (Lipinski definition) is 6. The summed E-state index contributed by atoms with van der Waals surface area (Å²) in [6.45, 7) is 10.2. The second kappa shape index (κ2) is 14.4. The molecule has 0 saturated carbocycles. The SMILES string of the molecule is CCN(CC)CCOc1ccc(NC(=O)c2nc(C)cc(-c3ccc(OCCc4ccc(Cl)cc4)cc3)n2)cc1. The average molecular weight is 559 g/mol. The zero-order valence-electron chi connectivity index (χ0n) is 23.2. The summed E-state index contributed by atoms with van der Waals surface area (Å²) in [7, 11) is 0. The van der Waals surface area contributed by atoms with Gasteiger partial charge in [0.15, 0.2) is 0 Å². The first kappa shape index (κ1) is 29.1. The normalized spacial score (nSPS) is 10.9. The molecule has 1 heterocycles. The van der Waals surface area contributed by atoms with Crippen LogP contribution < -0.4 is 14.8 Å². The van der Waals surface area contributed by atoms with E-state index in [-0.39, 0.29) is 11.7 Å². The Kier molecular flexibility index (Phi) is 10.5. The highest BCUT2D eigenvalue weighted by Crippen LogP contribution is 2.23. The lowest BCUT2D eigenvalue weighted by Crippen LogP contribution is -2.27. The van der Waals surface area contributed by atoms with E-state index in [1.807, 2.05) is 85.8 Å². The fraction of sp³-hybridized carbons (Fsp3) is 0.281. The van der Waals surface area contributed by atoms with Crippen LogP contribution in [0.5, 0.6) is 11.5 Å². The molecular weight excluding hydrogens is 524 g/mol. The molecular formula is C32H35ClN4O3. The molecule has 0 radical (unpaired) electrons. The summed E-state index contributed by atoms with van der Waals surface area (Å²) in [5.74, 6) is 1.26. The number of anilines is 1. The Balaban J connectivity index is 1.33. The number of aromatic nitrogens is 2. The number of amides is 1. The van der Waals surface area contributed by atoms with Crippen molar-refractivity contribution in [2.75, 3.05) is 38.2 Å². The predicted octanol–water partition coefficient (Wildman–Crippen LogP) is 6.70. The number of hydrogen-bond donors (Lipinski definition) is 1. The van der Waals surface area contributed by atoms with E-state index >= 15 is 0 Å². The van der Waals surface area contributed by atoms with E-state index in [1.165, 1.54) is 5.56 Å². The van der Waals surface area contributed by atoms with Crippen LogP contribution in [0.3, 0.4) is 0 Å². The highest BCUT2D eigenvalue weighted by molar-refractivity contribution is 6.30. The molecule has 0 aliphatic heterocycles. The maximum absolute atomic E-state index is 13.0. The van der Waals surface area contributed by atoms with Crippen molar-refractivity contribution >= 4 is 23.2 Å². The molecule has 0 fully saturated rings. The van der Waals surface area contributed by atoms with Crippen LogP contribution in [-0.2, 0) is 6.42 Å². The second-order valence-corrected chi connectivity index (χ2v) is 9.76. The highest BCUT2D eigenvalue weighted by Gasteiger charge is 2.13. The van der Waals surface area contributed by atoms with Crippen molar-refractivity contribution in [1.29, 1.82) is 0 Å². The molecule has 0 spiro atoms. The number of carbonyl (C=O) groups is 1. The molecule has 1 aromatic heterocycles. The molecule has 8 heteroatoms. The number of likely N-dealkylation sites (N-methyl/N-ethyl adjacent to an activating group) is 1. The third-order valence-corrected chi connectivity index (χ3v) is 6.71. The van der Waals surface area contributed by atoms with Gasteiger partial charge >= 0.3 is 0 Å². The van der Waals surface area contributed by atoms with Gasteiger partial charge in [-0.3, -0.25) is 4.79 Å². The number of nitrogens with zero attached hydrogens (tertiary/aromatic N) is 3. The zero-order valence-corrected chi connectivity index (χ0v) is 23.9. The van der Waals surface area contributed by atoms with Gasteiger partial charge in [-0.1, -0.05) is 37.6 Å². The molecule has 1 amide bonds. The summed E-state index contributed by atoms with van der Waals surface area (Å²) < 4.78 is 11.7. The number of aryl methyl sites for hydroxylation is 1. The Labute approximate surface area is 241 Å². The molecule has 1 N–H and O–H groups in total.